The Bertz CT molecular complexity index is 1210. The van der Waals surface area contributed by atoms with E-state index in [0.29, 0.717) is 29.3 Å². The molecule has 0 aliphatic rings. The van der Waals surface area contributed by atoms with Crippen molar-refractivity contribution in [1.82, 2.24) is 0 Å². The molecule has 3 aromatic rings. The standard InChI is InChI=1S/C25H28N2O5S/c1-5-24(32-22-11-6-17(2)18(3)16-22)25(28)26-19-9-14-23(15-10-19)33(29,30)27-20-7-12-21(31-4)13-8-20/h6-16,24,27H,5H2,1-4H3,(H,26,28)/t24-/m1/s1. The van der Waals surface area contributed by atoms with E-state index in [9.17, 15) is 13.2 Å². The van der Waals surface area contributed by atoms with Gasteiger partial charge in [0.15, 0.2) is 6.10 Å². The number of carbonyl (C=O) groups is 1. The molecule has 0 aliphatic carbocycles. The average Bonchev–Trinajstić information content (AvgIpc) is 2.80. The van der Waals surface area contributed by atoms with Gasteiger partial charge in [-0.15, -0.1) is 0 Å². The molecule has 0 fully saturated rings. The van der Waals surface area contributed by atoms with E-state index in [4.69, 9.17) is 9.47 Å². The maximum absolute atomic E-state index is 12.7. The number of methoxy groups -OCH3 is 1. The van der Waals surface area contributed by atoms with Crippen LogP contribution < -0.4 is 19.5 Å². The average molecular weight is 469 g/mol. The molecule has 2 N–H and O–H groups in total. The summed E-state index contributed by atoms with van der Waals surface area (Å²) in [5.74, 6) is 0.957. The van der Waals surface area contributed by atoms with Crippen LogP contribution in [0.3, 0.4) is 0 Å². The molecule has 0 heterocycles. The second kappa shape index (κ2) is 10.4. The topological polar surface area (TPSA) is 93.7 Å². The third kappa shape index (κ3) is 6.26. The van der Waals surface area contributed by atoms with Crippen molar-refractivity contribution < 1.29 is 22.7 Å². The summed E-state index contributed by atoms with van der Waals surface area (Å²) in [4.78, 5) is 12.8. The van der Waals surface area contributed by atoms with Crippen molar-refractivity contribution in [1.29, 1.82) is 0 Å². The van der Waals surface area contributed by atoms with E-state index in [0.717, 1.165) is 11.1 Å². The number of amides is 1. The Labute approximate surface area is 194 Å². The van der Waals surface area contributed by atoms with Crippen LogP contribution in [0.5, 0.6) is 11.5 Å². The molecule has 33 heavy (non-hydrogen) atoms. The molecule has 3 rings (SSSR count). The summed E-state index contributed by atoms with van der Waals surface area (Å²) < 4.78 is 38.8. The van der Waals surface area contributed by atoms with Gasteiger partial charge in [-0.05, 0) is 92.1 Å². The van der Waals surface area contributed by atoms with Crippen molar-refractivity contribution in [2.24, 2.45) is 0 Å². The lowest BCUT2D eigenvalue weighted by Gasteiger charge is -2.18. The van der Waals surface area contributed by atoms with Crippen molar-refractivity contribution in [2.45, 2.75) is 38.2 Å². The molecule has 0 saturated carbocycles. The van der Waals surface area contributed by atoms with Gasteiger partial charge in [0, 0.05) is 11.4 Å². The number of carbonyl (C=O) groups excluding carboxylic acids is 1. The summed E-state index contributed by atoms with van der Waals surface area (Å²) in [5, 5.41) is 2.79. The zero-order valence-electron chi connectivity index (χ0n) is 19.1. The number of rotatable bonds is 9. The van der Waals surface area contributed by atoms with Crippen LogP contribution >= 0.6 is 0 Å². The third-order valence-corrected chi connectivity index (χ3v) is 6.59. The Balaban J connectivity index is 1.65. The molecule has 0 unspecified atom stereocenters. The van der Waals surface area contributed by atoms with E-state index in [-0.39, 0.29) is 10.8 Å². The summed E-state index contributed by atoms with van der Waals surface area (Å²) in [7, 11) is -2.24. The van der Waals surface area contributed by atoms with E-state index < -0.39 is 16.1 Å². The highest BCUT2D eigenvalue weighted by molar-refractivity contribution is 7.92. The van der Waals surface area contributed by atoms with E-state index in [1.165, 1.54) is 19.2 Å². The first-order valence-corrected chi connectivity index (χ1v) is 12.0. The van der Waals surface area contributed by atoms with Gasteiger partial charge < -0.3 is 14.8 Å². The van der Waals surface area contributed by atoms with Crippen LogP contribution in [0.4, 0.5) is 11.4 Å². The number of hydrogen-bond donors (Lipinski definition) is 2. The van der Waals surface area contributed by atoms with Gasteiger partial charge in [0.1, 0.15) is 11.5 Å². The number of anilines is 2. The fourth-order valence-corrected chi connectivity index (χ4v) is 4.15. The van der Waals surface area contributed by atoms with Gasteiger partial charge in [0.25, 0.3) is 15.9 Å². The highest BCUT2D eigenvalue weighted by atomic mass is 32.2. The molecule has 3 aromatic carbocycles. The molecule has 0 aromatic heterocycles. The van der Waals surface area contributed by atoms with Gasteiger partial charge in [0.2, 0.25) is 0 Å². The molecule has 0 aliphatic heterocycles. The molecule has 1 atom stereocenters. The third-order valence-electron chi connectivity index (χ3n) is 5.19. The van der Waals surface area contributed by atoms with Crippen molar-refractivity contribution in [3.8, 4) is 11.5 Å². The second-order valence-corrected chi connectivity index (χ2v) is 9.29. The van der Waals surface area contributed by atoms with Crippen LogP contribution in [0.1, 0.15) is 24.5 Å². The summed E-state index contributed by atoms with van der Waals surface area (Å²) in [6.07, 6.45) is -0.191. The second-order valence-electron chi connectivity index (χ2n) is 7.61. The first-order chi connectivity index (χ1) is 15.7. The van der Waals surface area contributed by atoms with Crippen LogP contribution in [0.15, 0.2) is 71.6 Å². The number of sulfonamides is 1. The van der Waals surface area contributed by atoms with Gasteiger partial charge in [-0.1, -0.05) is 13.0 Å². The molecule has 7 nitrogen and oxygen atoms in total. The lowest BCUT2D eigenvalue weighted by Crippen LogP contribution is -2.32. The maximum atomic E-state index is 12.7. The van der Waals surface area contributed by atoms with E-state index in [1.54, 1.807) is 36.4 Å². The van der Waals surface area contributed by atoms with Gasteiger partial charge >= 0.3 is 0 Å². The van der Waals surface area contributed by atoms with Gasteiger partial charge in [-0.3, -0.25) is 9.52 Å². The van der Waals surface area contributed by atoms with Crippen molar-refractivity contribution in [3.63, 3.8) is 0 Å². The van der Waals surface area contributed by atoms with Crippen LogP contribution in [0.25, 0.3) is 0 Å². The highest BCUT2D eigenvalue weighted by Crippen LogP contribution is 2.22. The quantitative estimate of drug-likeness (QED) is 0.465. The minimum atomic E-state index is -3.78. The molecule has 0 spiro atoms. The van der Waals surface area contributed by atoms with E-state index in [1.807, 2.05) is 39.0 Å². The number of ether oxygens (including phenoxy) is 2. The minimum Gasteiger partial charge on any atom is -0.497 e. The number of benzene rings is 3. The molecule has 0 saturated heterocycles. The van der Waals surface area contributed by atoms with Crippen LogP contribution in [0, 0.1) is 13.8 Å². The number of hydrogen-bond acceptors (Lipinski definition) is 5. The molecule has 0 bridgehead atoms. The number of nitrogens with one attached hydrogen (secondary N) is 2. The predicted octanol–water partition coefficient (Wildman–Crippen LogP) is 4.91. The smallest absolute Gasteiger partial charge is 0.265 e. The predicted molar refractivity (Wildman–Crippen MR) is 129 cm³/mol. The van der Waals surface area contributed by atoms with Gasteiger partial charge in [0.05, 0.1) is 12.0 Å². The largest absolute Gasteiger partial charge is 0.497 e. The van der Waals surface area contributed by atoms with Gasteiger partial charge in [-0.2, -0.15) is 0 Å². The van der Waals surface area contributed by atoms with Crippen molar-refractivity contribution in [3.05, 3.63) is 77.9 Å². The monoisotopic (exact) mass is 468 g/mol. The fraction of sp³-hybridized carbons (Fsp3) is 0.240. The molecule has 0 radical (unpaired) electrons. The summed E-state index contributed by atoms with van der Waals surface area (Å²) in [6.45, 7) is 5.87. The molecule has 174 valence electrons. The van der Waals surface area contributed by atoms with Crippen molar-refractivity contribution in [2.75, 3.05) is 17.1 Å². The fourth-order valence-electron chi connectivity index (χ4n) is 3.09. The Morgan fingerprint density at radius 2 is 1.48 bits per heavy atom. The highest BCUT2D eigenvalue weighted by Gasteiger charge is 2.20. The summed E-state index contributed by atoms with van der Waals surface area (Å²) >= 11 is 0. The van der Waals surface area contributed by atoms with Crippen molar-refractivity contribution >= 4 is 27.3 Å². The lowest BCUT2D eigenvalue weighted by atomic mass is 10.1. The van der Waals surface area contributed by atoms with Crippen LogP contribution in [-0.2, 0) is 14.8 Å². The number of aryl methyl sites for hydroxylation is 2. The van der Waals surface area contributed by atoms with E-state index in [2.05, 4.69) is 10.0 Å². The van der Waals surface area contributed by atoms with Crippen LogP contribution in [-0.4, -0.2) is 27.5 Å². The molecule has 1 amide bonds. The van der Waals surface area contributed by atoms with Crippen LogP contribution in [0.2, 0.25) is 0 Å². The Hall–Kier alpha value is -3.52. The Morgan fingerprint density at radius 1 is 0.879 bits per heavy atom. The summed E-state index contributed by atoms with van der Waals surface area (Å²) in [5.41, 5.74) is 3.13. The zero-order chi connectivity index (χ0) is 24.0. The summed E-state index contributed by atoms with van der Waals surface area (Å²) in [6, 6.07) is 18.2. The molecular formula is C25H28N2O5S. The minimum absolute atomic E-state index is 0.0785. The first-order valence-electron chi connectivity index (χ1n) is 10.5. The SMILES string of the molecule is CC[C@@H](Oc1ccc(C)c(C)c1)C(=O)Nc1ccc(S(=O)(=O)Nc2ccc(OC)cc2)cc1. The van der Waals surface area contributed by atoms with E-state index >= 15 is 0 Å². The lowest BCUT2D eigenvalue weighted by molar-refractivity contribution is -0.122. The Morgan fingerprint density at radius 3 is 2.06 bits per heavy atom. The molecule has 8 heteroatoms. The van der Waals surface area contributed by atoms with Gasteiger partial charge in [-0.25, -0.2) is 8.42 Å². The first kappa shape index (κ1) is 24.1. The zero-order valence-corrected chi connectivity index (χ0v) is 19.9. The Kier molecular flexibility index (Phi) is 7.60. The maximum Gasteiger partial charge on any atom is 0.265 e. The molecular weight excluding hydrogens is 440 g/mol. The normalized spacial score (nSPS) is 12.0.